The molecule has 2 heteroatoms. The zero-order valence-electron chi connectivity index (χ0n) is 16.2. The molecule has 0 bridgehead atoms. The Bertz CT molecular complexity index is 785. The standard InChI is InChI=1S/C26H28O2/c27-26(28)25(20-23-14-8-3-9-15-23)24(18-16-21-10-4-1-5-11-21)19-17-22-12-6-2-7-13-22/h1-15,24-25H,16-20H2,(H,27,28). The first-order valence-electron chi connectivity index (χ1n) is 10.1. The zero-order chi connectivity index (χ0) is 19.6. The van der Waals surface area contributed by atoms with Gasteiger partial charge in [0, 0.05) is 0 Å². The highest BCUT2D eigenvalue weighted by Crippen LogP contribution is 2.28. The number of benzene rings is 3. The summed E-state index contributed by atoms with van der Waals surface area (Å²) in [6.45, 7) is 0. The lowest BCUT2D eigenvalue weighted by atomic mass is 9.80. The fourth-order valence-corrected chi connectivity index (χ4v) is 3.86. The van der Waals surface area contributed by atoms with Crippen LogP contribution in [0.1, 0.15) is 29.5 Å². The Morgan fingerprint density at radius 3 is 1.43 bits per heavy atom. The summed E-state index contributed by atoms with van der Waals surface area (Å²) in [5.74, 6) is -0.914. The molecule has 0 aliphatic carbocycles. The molecule has 0 fully saturated rings. The van der Waals surface area contributed by atoms with Crippen molar-refractivity contribution in [2.45, 2.75) is 32.1 Å². The van der Waals surface area contributed by atoms with Crippen molar-refractivity contribution in [2.24, 2.45) is 11.8 Å². The van der Waals surface area contributed by atoms with E-state index in [4.69, 9.17) is 0 Å². The third-order valence-corrected chi connectivity index (χ3v) is 5.48. The molecule has 0 radical (unpaired) electrons. The second-order valence-electron chi connectivity index (χ2n) is 7.44. The lowest BCUT2D eigenvalue weighted by Crippen LogP contribution is -2.27. The van der Waals surface area contributed by atoms with Crippen LogP contribution in [0, 0.1) is 11.8 Å². The van der Waals surface area contributed by atoms with Crippen molar-refractivity contribution >= 4 is 5.97 Å². The Morgan fingerprint density at radius 2 is 1.04 bits per heavy atom. The molecule has 0 saturated carbocycles. The van der Waals surface area contributed by atoms with Gasteiger partial charge in [-0.05, 0) is 54.7 Å². The first kappa shape index (κ1) is 19.9. The van der Waals surface area contributed by atoms with E-state index >= 15 is 0 Å². The Balaban J connectivity index is 1.74. The van der Waals surface area contributed by atoms with E-state index < -0.39 is 5.97 Å². The summed E-state index contributed by atoms with van der Waals surface area (Å²) in [7, 11) is 0. The van der Waals surface area contributed by atoms with Gasteiger partial charge in [0.2, 0.25) is 0 Å². The largest absolute Gasteiger partial charge is 0.481 e. The van der Waals surface area contributed by atoms with Gasteiger partial charge in [0.05, 0.1) is 5.92 Å². The maximum absolute atomic E-state index is 12.2. The van der Waals surface area contributed by atoms with E-state index in [1.165, 1.54) is 11.1 Å². The van der Waals surface area contributed by atoms with Crippen molar-refractivity contribution < 1.29 is 9.90 Å². The van der Waals surface area contributed by atoms with Gasteiger partial charge in [0.1, 0.15) is 0 Å². The van der Waals surface area contributed by atoms with Crippen LogP contribution in [0.2, 0.25) is 0 Å². The summed E-state index contributed by atoms with van der Waals surface area (Å²) in [5, 5.41) is 10.00. The minimum Gasteiger partial charge on any atom is -0.481 e. The van der Waals surface area contributed by atoms with Crippen LogP contribution in [0.15, 0.2) is 91.0 Å². The van der Waals surface area contributed by atoms with Gasteiger partial charge in [-0.15, -0.1) is 0 Å². The lowest BCUT2D eigenvalue weighted by Gasteiger charge is -2.24. The average Bonchev–Trinajstić information content (AvgIpc) is 2.74. The molecular weight excluding hydrogens is 344 g/mol. The molecule has 0 aromatic heterocycles. The van der Waals surface area contributed by atoms with E-state index in [2.05, 4.69) is 24.3 Å². The Hall–Kier alpha value is -2.87. The zero-order valence-corrected chi connectivity index (χ0v) is 16.2. The SMILES string of the molecule is O=C(O)C(Cc1ccccc1)C(CCc1ccccc1)CCc1ccccc1. The highest BCUT2D eigenvalue weighted by molar-refractivity contribution is 5.70. The monoisotopic (exact) mass is 372 g/mol. The number of hydrogen-bond donors (Lipinski definition) is 1. The lowest BCUT2D eigenvalue weighted by molar-refractivity contribution is -0.143. The van der Waals surface area contributed by atoms with Crippen LogP contribution in [0.4, 0.5) is 0 Å². The summed E-state index contributed by atoms with van der Waals surface area (Å²) in [6, 6.07) is 30.7. The average molecular weight is 373 g/mol. The second kappa shape index (κ2) is 10.5. The number of carboxylic acid groups (broad SMARTS) is 1. The maximum Gasteiger partial charge on any atom is 0.307 e. The molecule has 0 aliphatic heterocycles. The highest BCUT2D eigenvalue weighted by Gasteiger charge is 2.28. The summed E-state index contributed by atoms with van der Waals surface area (Å²) in [5.41, 5.74) is 3.64. The van der Waals surface area contributed by atoms with Gasteiger partial charge in [-0.1, -0.05) is 91.0 Å². The molecule has 3 rings (SSSR count). The smallest absolute Gasteiger partial charge is 0.307 e. The van der Waals surface area contributed by atoms with E-state index in [1.54, 1.807) is 0 Å². The van der Waals surface area contributed by atoms with Crippen LogP contribution in [-0.4, -0.2) is 11.1 Å². The third kappa shape index (κ3) is 6.09. The van der Waals surface area contributed by atoms with E-state index in [9.17, 15) is 9.90 Å². The quantitative estimate of drug-likeness (QED) is 0.487. The molecule has 2 nitrogen and oxygen atoms in total. The number of carbonyl (C=O) groups is 1. The Kier molecular flexibility index (Phi) is 7.43. The fraction of sp³-hybridized carbons (Fsp3) is 0.269. The van der Waals surface area contributed by atoms with Crippen molar-refractivity contribution in [3.05, 3.63) is 108 Å². The van der Waals surface area contributed by atoms with Crippen molar-refractivity contribution in [1.82, 2.24) is 0 Å². The Labute approximate surface area is 167 Å². The van der Waals surface area contributed by atoms with Crippen LogP contribution in [0.25, 0.3) is 0 Å². The predicted molar refractivity (Wildman–Crippen MR) is 114 cm³/mol. The van der Waals surface area contributed by atoms with E-state index in [0.29, 0.717) is 6.42 Å². The number of hydrogen-bond acceptors (Lipinski definition) is 1. The number of carboxylic acids is 1. The Morgan fingerprint density at radius 1 is 0.643 bits per heavy atom. The molecular formula is C26H28O2. The van der Waals surface area contributed by atoms with Crippen molar-refractivity contribution in [3.63, 3.8) is 0 Å². The van der Waals surface area contributed by atoms with Crippen molar-refractivity contribution in [2.75, 3.05) is 0 Å². The first-order valence-corrected chi connectivity index (χ1v) is 10.1. The second-order valence-corrected chi connectivity index (χ2v) is 7.44. The van der Waals surface area contributed by atoms with Gasteiger partial charge in [-0.25, -0.2) is 0 Å². The molecule has 1 atom stereocenters. The number of aliphatic carboxylic acids is 1. The van der Waals surface area contributed by atoms with Gasteiger partial charge in [-0.3, -0.25) is 4.79 Å². The fourth-order valence-electron chi connectivity index (χ4n) is 3.86. The molecule has 1 unspecified atom stereocenters. The molecule has 3 aromatic carbocycles. The summed E-state index contributed by atoms with van der Waals surface area (Å²) < 4.78 is 0. The normalized spacial score (nSPS) is 12.0. The van der Waals surface area contributed by atoms with E-state index in [-0.39, 0.29) is 11.8 Å². The third-order valence-electron chi connectivity index (χ3n) is 5.48. The van der Waals surface area contributed by atoms with Crippen molar-refractivity contribution in [1.29, 1.82) is 0 Å². The minimum absolute atomic E-state index is 0.137. The van der Waals surface area contributed by atoms with Gasteiger partial charge < -0.3 is 5.11 Å². The van der Waals surface area contributed by atoms with Crippen molar-refractivity contribution in [3.8, 4) is 0 Å². The topological polar surface area (TPSA) is 37.3 Å². The van der Waals surface area contributed by atoms with E-state index in [0.717, 1.165) is 31.2 Å². The molecule has 0 heterocycles. The molecule has 0 spiro atoms. The van der Waals surface area contributed by atoms with Gasteiger partial charge in [0.25, 0.3) is 0 Å². The van der Waals surface area contributed by atoms with Gasteiger partial charge >= 0.3 is 5.97 Å². The molecule has 144 valence electrons. The molecule has 0 saturated heterocycles. The summed E-state index contributed by atoms with van der Waals surface area (Å²) >= 11 is 0. The summed E-state index contributed by atoms with van der Waals surface area (Å²) in [4.78, 5) is 12.2. The number of rotatable bonds is 10. The maximum atomic E-state index is 12.2. The van der Waals surface area contributed by atoms with Crippen LogP contribution in [-0.2, 0) is 24.1 Å². The molecule has 1 N–H and O–H groups in total. The molecule has 0 aliphatic rings. The van der Waals surface area contributed by atoms with Crippen LogP contribution >= 0.6 is 0 Å². The highest BCUT2D eigenvalue weighted by atomic mass is 16.4. The molecule has 28 heavy (non-hydrogen) atoms. The summed E-state index contributed by atoms with van der Waals surface area (Å²) in [6.07, 6.45) is 4.20. The first-order chi connectivity index (χ1) is 13.7. The van der Waals surface area contributed by atoms with Crippen LogP contribution < -0.4 is 0 Å². The van der Waals surface area contributed by atoms with Crippen LogP contribution in [0.5, 0.6) is 0 Å². The van der Waals surface area contributed by atoms with Gasteiger partial charge in [0.15, 0.2) is 0 Å². The molecule has 0 amide bonds. The number of aryl methyl sites for hydroxylation is 2. The van der Waals surface area contributed by atoms with E-state index in [1.807, 2.05) is 66.7 Å². The minimum atomic E-state index is -0.685. The van der Waals surface area contributed by atoms with Gasteiger partial charge in [-0.2, -0.15) is 0 Å². The predicted octanol–water partition coefficient (Wildman–Crippen LogP) is 5.81. The molecule has 3 aromatic rings. The van der Waals surface area contributed by atoms with Crippen LogP contribution in [0.3, 0.4) is 0 Å².